The normalized spacial score (nSPS) is 10.4. The van der Waals surface area contributed by atoms with Crippen molar-refractivity contribution < 1.29 is 4.79 Å². The third-order valence-corrected chi connectivity index (χ3v) is 2.84. The first-order valence-electron chi connectivity index (χ1n) is 4.61. The smallest absolute Gasteiger partial charge is 0.230 e. The zero-order chi connectivity index (χ0) is 11.7. The van der Waals surface area contributed by atoms with Gasteiger partial charge in [0.2, 0.25) is 5.91 Å². The standard InChI is InChI=1S/C11H8Cl2N2O/c1-7(16)15-10(13)9(12)14-11(15)8-5-3-2-4-6-8/h2-6H,1H3. The van der Waals surface area contributed by atoms with E-state index in [4.69, 9.17) is 23.2 Å². The quantitative estimate of drug-likeness (QED) is 0.781. The van der Waals surface area contributed by atoms with E-state index >= 15 is 0 Å². The Balaban J connectivity index is 2.66. The second kappa shape index (κ2) is 4.28. The molecule has 1 aromatic carbocycles. The van der Waals surface area contributed by atoms with Gasteiger partial charge in [-0.25, -0.2) is 4.98 Å². The highest BCUT2D eigenvalue weighted by Gasteiger charge is 2.17. The van der Waals surface area contributed by atoms with Crippen LogP contribution in [0.2, 0.25) is 10.3 Å². The summed E-state index contributed by atoms with van der Waals surface area (Å²) < 4.78 is 1.29. The lowest BCUT2D eigenvalue weighted by Crippen LogP contribution is -2.07. The number of carbonyl (C=O) groups excluding carboxylic acids is 1. The van der Waals surface area contributed by atoms with Crippen LogP contribution in [0.5, 0.6) is 0 Å². The Morgan fingerprint density at radius 1 is 1.25 bits per heavy atom. The zero-order valence-corrected chi connectivity index (χ0v) is 9.96. The Labute approximate surface area is 103 Å². The summed E-state index contributed by atoms with van der Waals surface area (Å²) in [4.78, 5) is 15.5. The van der Waals surface area contributed by atoms with Crippen molar-refractivity contribution >= 4 is 29.1 Å². The third-order valence-electron chi connectivity index (χ3n) is 2.13. The van der Waals surface area contributed by atoms with Gasteiger partial charge in [-0.1, -0.05) is 53.5 Å². The highest BCUT2D eigenvalue weighted by molar-refractivity contribution is 6.41. The highest BCUT2D eigenvalue weighted by Crippen LogP contribution is 2.28. The Kier molecular flexibility index (Phi) is 2.99. The topological polar surface area (TPSA) is 34.9 Å². The van der Waals surface area contributed by atoms with Crippen molar-refractivity contribution in [2.45, 2.75) is 6.92 Å². The Hall–Kier alpha value is -1.32. The number of hydrogen-bond acceptors (Lipinski definition) is 2. The minimum absolute atomic E-state index is 0.135. The van der Waals surface area contributed by atoms with Crippen molar-refractivity contribution in [3.05, 3.63) is 40.6 Å². The molecule has 0 radical (unpaired) electrons. The Morgan fingerprint density at radius 3 is 2.44 bits per heavy atom. The van der Waals surface area contributed by atoms with Crippen LogP contribution in [0.3, 0.4) is 0 Å². The average Bonchev–Trinajstić information content (AvgIpc) is 2.57. The minimum atomic E-state index is -0.219. The molecule has 2 aromatic rings. The molecule has 0 aliphatic heterocycles. The van der Waals surface area contributed by atoms with E-state index in [9.17, 15) is 4.79 Å². The number of carbonyl (C=O) groups is 1. The number of benzene rings is 1. The minimum Gasteiger partial charge on any atom is -0.274 e. The van der Waals surface area contributed by atoms with Crippen molar-refractivity contribution in [1.29, 1.82) is 0 Å². The molecule has 1 aromatic heterocycles. The molecule has 0 saturated heterocycles. The van der Waals surface area contributed by atoms with E-state index in [0.29, 0.717) is 5.82 Å². The fourth-order valence-corrected chi connectivity index (χ4v) is 1.85. The zero-order valence-electron chi connectivity index (χ0n) is 8.45. The van der Waals surface area contributed by atoms with Crippen LogP contribution < -0.4 is 0 Å². The molecule has 2 rings (SSSR count). The first-order chi connectivity index (χ1) is 7.61. The number of halogens is 2. The summed E-state index contributed by atoms with van der Waals surface area (Å²) in [6.07, 6.45) is 0. The van der Waals surface area contributed by atoms with E-state index in [0.717, 1.165) is 5.56 Å². The number of nitrogens with zero attached hydrogens (tertiary/aromatic N) is 2. The van der Waals surface area contributed by atoms with Gasteiger partial charge in [-0.3, -0.25) is 9.36 Å². The molecule has 0 N–H and O–H groups in total. The van der Waals surface area contributed by atoms with Gasteiger partial charge in [0.25, 0.3) is 0 Å². The summed E-state index contributed by atoms with van der Waals surface area (Å²) in [6, 6.07) is 9.28. The van der Waals surface area contributed by atoms with E-state index in [-0.39, 0.29) is 16.2 Å². The average molecular weight is 255 g/mol. The summed E-state index contributed by atoms with van der Waals surface area (Å²) >= 11 is 11.7. The van der Waals surface area contributed by atoms with Crippen molar-refractivity contribution in [2.24, 2.45) is 0 Å². The highest BCUT2D eigenvalue weighted by atomic mass is 35.5. The van der Waals surface area contributed by atoms with Gasteiger partial charge in [0.1, 0.15) is 5.82 Å². The molecule has 0 spiro atoms. The molecule has 5 heteroatoms. The molecule has 3 nitrogen and oxygen atoms in total. The number of imidazole rings is 1. The van der Waals surface area contributed by atoms with Crippen LogP contribution in [-0.4, -0.2) is 15.5 Å². The third kappa shape index (κ3) is 1.84. The van der Waals surface area contributed by atoms with E-state index < -0.39 is 0 Å². The second-order valence-corrected chi connectivity index (χ2v) is 3.95. The molecule has 0 unspecified atom stereocenters. The van der Waals surface area contributed by atoms with Gasteiger partial charge in [0, 0.05) is 12.5 Å². The molecular weight excluding hydrogens is 247 g/mol. The molecular formula is C11H8Cl2N2O. The van der Waals surface area contributed by atoms with Crippen LogP contribution in [0.4, 0.5) is 0 Å². The van der Waals surface area contributed by atoms with E-state index in [1.807, 2.05) is 30.3 Å². The molecule has 0 aliphatic rings. The lowest BCUT2D eigenvalue weighted by Gasteiger charge is -2.03. The summed E-state index contributed by atoms with van der Waals surface area (Å²) in [6.45, 7) is 1.41. The van der Waals surface area contributed by atoms with Gasteiger partial charge in [0.05, 0.1) is 0 Å². The van der Waals surface area contributed by atoms with Crippen LogP contribution in [0.15, 0.2) is 30.3 Å². The van der Waals surface area contributed by atoms with Gasteiger partial charge in [0.15, 0.2) is 10.3 Å². The fraction of sp³-hybridized carbons (Fsp3) is 0.0909. The molecule has 0 fully saturated rings. The van der Waals surface area contributed by atoms with Crippen LogP contribution in [0.25, 0.3) is 11.4 Å². The lowest BCUT2D eigenvalue weighted by atomic mass is 10.2. The van der Waals surface area contributed by atoms with Gasteiger partial charge >= 0.3 is 0 Å². The van der Waals surface area contributed by atoms with Crippen LogP contribution in [0.1, 0.15) is 11.7 Å². The molecule has 0 bridgehead atoms. The largest absolute Gasteiger partial charge is 0.274 e. The van der Waals surface area contributed by atoms with Gasteiger partial charge < -0.3 is 0 Å². The first kappa shape index (κ1) is 11.2. The molecule has 0 saturated carbocycles. The van der Waals surface area contributed by atoms with Crippen molar-refractivity contribution in [3.63, 3.8) is 0 Å². The summed E-state index contributed by atoms with van der Waals surface area (Å²) in [7, 11) is 0. The van der Waals surface area contributed by atoms with Crippen LogP contribution in [0, 0.1) is 0 Å². The maximum Gasteiger partial charge on any atom is 0.230 e. The fourth-order valence-electron chi connectivity index (χ4n) is 1.44. The molecule has 0 atom stereocenters. The molecule has 0 aliphatic carbocycles. The summed E-state index contributed by atoms with van der Waals surface area (Å²) in [5.74, 6) is 0.242. The van der Waals surface area contributed by atoms with Gasteiger partial charge in [-0.05, 0) is 0 Å². The predicted molar refractivity (Wildman–Crippen MR) is 64.0 cm³/mol. The Bertz CT molecular complexity index is 534. The first-order valence-corrected chi connectivity index (χ1v) is 5.37. The monoisotopic (exact) mass is 254 g/mol. The number of hydrogen-bond donors (Lipinski definition) is 0. The lowest BCUT2D eigenvalue weighted by molar-refractivity contribution is 0.0939. The number of rotatable bonds is 1. The number of aromatic nitrogens is 2. The Morgan fingerprint density at radius 2 is 1.88 bits per heavy atom. The second-order valence-electron chi connectivity index (χ2n) is 3.24. The van der Waals surface area contributed by atoms with E-state index in [2.05, 4.69) is 4.98 Å². The van der Waals surface area contributed by atoms with E-state index in [1.54, 1.807) is 0 Å². The molecule has 16 heavy (non-hydrogen) atoms. The predicted octanol–water partition coefficient (Wildman–Crippen LogP) is 3.52. The maximum absolute atomic E-state index is 11.5. The summed E-state index contributed by atoms with van der Waals surface area (Å²) in [5.41, 5.74) is 0.798. The molecule has 1 heterocycles. The van der Waals surface area contributed by atoms with Crippen molar-refractivity contribution in [2.75, 3.05) is 0 Å². The van der Waals surface area contributed by atoms with Crippen molar-refractivity contribution in [3.8, 4) is 11.4 Å². The SMILES string of the molecule is CC(=O)n1c(-c2ccccc2)nc(Cl)c1Cl. The maximum atomic E-state index is 11.5. The van der Waals surface area contributed by atoms with Gasteiger partial charge in [-0.15, -0.1) is 0 Å². The molecule has 0 amide bonds. The van der Waals surface area contributed by atoms with Crippen LogP contribution in [-0.2, 0) is 0 Å². The van der Waals surface area contributed by atoms with E-state index in [1.165, 1.54) is 11.5 Å². The van der Waals surface area contributed by atoms with Gasteiger partial charge in [-0.2, -0.15) is 0 Å². The molecule has 82 valence electrons. The summed E-state index contributed by atoms with van der Waals surface area (Å²) in [5, 5.41) is 0.281. The van der Waals surface area contributed by atoms with Crippen LogP contribution >= 0.6 is 23.2 Å². The van der Waals surface area contributed by atoms with Crippen molar-refractivity contribution in [1.82, 2.24) is 9.55 Å².